The van der Waals surface area contributed by atoms with Crippen LogP contribution in [0, 0.1) is 22.9 Å². The lowest BCUT2D eigenvalue weighted by atomic mass is 10.1. The Morgan fingerprint density at radius 1 is 1.56 bits per heavy atom. The predicted octanol–water partition coefficient (Wildman–Crippen LogP) is 1.87. The van der Waals surface area contributed by atoms with E-state index in [1.165, 1.54) is 10.7 Å². The van der Waals surface area contributed by atoms with Crippen LogP contribution in [0.15, 0.2) is 24.4 Å². The van der Waals surface area contributed by atoms with E-state index in [0.717, 1.165) is 6.20 Å². The van der Waals surface area contributed by atoms with Crippen LogP contribution in [-0.2, 0) is 6.54 Å². The molecule has 0 saturated heterocycles. The van der Waals surface area contributed by atoms with Gasteiger partial charge in [0, 0.05) is 0 Å². The van der Waals surface area contributed by atoms with Gasteiger partial charge in [-0.05, 0) is 24.1 Å². The van der Waals surface area contributed by atoms with Crippen LogP contribution < -0.4 is 5.73 Å². The number of nitrogen functional groups attached to an aromatic ring is 1. The van der Waals surface area contributed by atoms with Crippen molar-refractivity contribution < 1.29 is 9.31 Å². The van der Waals surface area contributed by atoms with Crippen LogP contribution in [0.4, 0.5) is 15.9 Å². The van der Waals surface area contributed by atoms with E-state index in [9.17, 15) is 14.5 Å². The fourth-order valence-corrected chi connectivity index (χ4v) is 1.56. The summed E-state index contributed by atoms with van der Waals surface area (Å²) in [6.07, 6.45) is 1.08. The van der Waals surface area contributed by atoms with E-state index in [0.29, 0.717) is 11.1 Å². The van der Waals surface area contributed by atoms with Crippen molar-refractivity contribution in [2.75, 3.05) is 5.73 Å². The molecule has 0 atom stereocenters. The van der Waals surface area contributed by atoms with E-state index in [2.05, 4.69) is 5.10 Å². The number of rotatable bonds is 3. The number of nitrogens with two attached hydrogens (primary N) is 1. The molecule has 1 aromatic carbocycles. The third-order valence-electron chi connectivity index (χ3n) is 2.63. The monoisotopic (exact) mass is 250 g/mol. The van der Waals surface area contributed by atoms with Crippen molar-refractivity contribution in [2.24, 2.45) is 0 Å². The third kappa shape index (κ3) is 2.15. The third-order valence-corrected chi connectivity index (χ3v) is 2.63. The van der Waals surface area contributed by atoms with Crippen LogP contribution in [0.25, 0.3) is 0 Å². The molecule has 18 heavy (non-hydrogen) atoms. The lowest BCUT2D eigenvalue weighted by molar-refractivity contribution is -0.384. The maximum Gasteiger partial charge on any atom is 0.330 e. The maximum absolute atomic E-state index is 13.3. The topological polar surface area (TPSA) is 87.0 Å². The lowest BCUT2D eigenvalue weighted by Crippen LogP contribution is -2.07. The summed E-state index contributed by atoms with van der Waals surface area (Å²) in [7, 11) is 0. The van der Waals surface area contributed by atoms with Gasteiger partial charge < -0.3 is 5.73 Å². The van der Waals surface area contributed by atoms with E-state index in [-0.39, 0.29) is 23.9 Å². The van der Waals surface area contributed by atoms with Crippen molar-refractivity contribution >= 4 is 11.5 Å². The first-order valence-corrected chi connectivity index (χ1v) is 5.19. The average Bonchev–Trinajstić information content (AvgIpc) is 2.66. The van der Waals surface area contributed by atoms with E-state index in [1.807, 2.05) is 0 Å². The number of benzene rings is 1. The minimum atomic E-state index is -0.603. The number of hydrogen-bond donors (Lipinski definition) is 1. The minimum absolute atomic E-state index is 0.0408. The second-order valence-corrected chi connectivity index (χ2v) is 3.91. The first-order chi connectivity index (χ1) is 8.49. The zero-order chi connectivity index (χ0) is 13.3. The minimum Gasteiger partial charge on any atom is -0.378 e. The van der Waals surface area contributed by atoms with E-state index in [4.69, 9.17) is 5.73 Å². The lowest BCUT2D eigenvalue weighted by Gasteiger charge is -2.05. The van der Waals surface area contributed by atoms with E-state index in [1.54, 1.807) is 19.1 Å². The summed E-state index contributed by atoms with van der Waals surface area (Å²) in [4.78, 5) is 10.00. The Bertz CT molecular complexity index is 609. The van der Waals surface area contributed by atoms with Gasteiger partial charge in [0.2, 0.25) is 5.82 Å². The molecule has 0 amide bonds. The summed E-state index contributed by atoms with van der Waals surface area (Å²) in [6.45, 7) is 1.85. The first kappa shape index (κ1) is 12.0. The van der Waals surface area contributed by atoms with Gasteiger partial charge in [-0.1, -0.05) is 12.1 Å². The van der Waals surface area contributed by atoms with E-state index < -0.39 is 4.92 Å². The van der Waals surface area contributed by atoms with Crippen LogP contribution in [0.2, 0.25) is 0 Å². The number of halogens is 1. The van der Waals surface area contributed by atoms with Gasteiger partial charge in [0.15, 0.2) is 0 Å². The number of aryl methyl sites for hydroxylation is 1. The highest BCUT2D eigenvalue weighted by Crippen LogP contribution is 2.21. The van der Waals surface area contributed by atoms with Gasteiger partial charge >= 0.3 is 5.69 Å². The Kier molecular flexibility index (Phi) is 2.97. The molecule has 2 rings (SSSR count). The van der Waals surface area contributed by atoms with Gasteiger partial charge in [-0.25, -0.2) is 9.07 Å². The Labute approximate surface area is 102 Å². The van der Waals surface area contributed by atoms with Gasteiger partial charge in [-0.2, -0.15) is 5.10 Å². The molecular formula is C11H11FN4O2. The molecule has 0 saturated carbocycles. The van der Waals surface area contributed by atoms with Crippen molar-refractivity contribution in [1.82, 2.24) is 9.78 Å². The highest BCUT2D eigenvalue weighted by atomic mass is 19.1. The molecule has 6 nitrogen and oxygen atoms in total. The van der Waals surface area contributed by atoms with Gasteiger partial charge in [0.25, 0.3) is 0 Å². The number of hydrogen-bond acceptors (Lipinski definition) is 4. The Morgan fingerprint density at radius 3 is 2.83 bits per heavy atom. The molecule has 0 radical (unpaired) electrons. The molecule has 2 N–H and O–H groups in total. The molecule has 1 aromatic heterocycles. The van der Waals surface area contributed by atoms with Crippen LogP contribution in [-0.4, -0.2) is 14.7 Å². The molecule has 1 heterocycles. The molecule has 0 aliphatic carbocycles. The predicted molar refractivity (Wildman–Crippen MR) is 63.5 cm³/mol. The average molecular weight is 250 g/mol. The van der Waals surface area contributed by atoms with Crippen molar-refractivity contribution in [1.29, 1.82) is 0 Å². The zero-order valence-corrected chi connectivity index (χ0v) is 9.63. The highest BCUT2D eigenvalue weighted by molar-refractivity contribution is 5.51. The van der Waals surface area contributed by atoms with E-state index >= 15 is 0 Å². The highest BCUT2D eigenvalue weighted by Gasteiger charge is 2.17. The van der Waals surface area contributed by atoms with Crippen LogP contribution >= 0.6 is 0 Å². The van der Waals surface area contributed by atoms with Crippen LogP contribution in [0.5, 0.6) is 0 Å². The fourth-order valence-electron chi connectivity index (χ4n) is 1.56. The molecule has 7 heteroatoms. The molecule has 0 aliphatic heterocycles. The summed E-state index contributed by atoms with van der Waals surface area (Å²) in [5.41, 5.74) is 6.52. The number of aromatic nitrogens is 2. The summed E-state index contributed by atoms with van der Waals surface area (Å²) in [5, 5.41) is 14.4. The van der Waals surface area contributed by atoms with Crippen molar-refractivity contribution in [3.05, 3.63) is 51.5 Å². The maximum atomic E-state index is 13.3. The molecule has 0 fully saturated rings. The molecule has 0 spiro atoms. The number of anilines is 1. The second-order valence-electron chi connectivity index (χ2n) is 3.91. The smallest absolute Gasteiger partial charge is 0.330 e. The molecule has 0 unspecified atom stereocenters. The first-order valence-electron chi connectivity index (χ1n) is 5.19. The van der Waals surface area contributed by atoms with Gasteiger partial charge in [-0.3, -0.25) is 10.1 Å². The van der Waals surface area contributed by atoms with Gasteiger partial charge in [0.1, 0.15) is 12.0 Å². The normalized spacial score (nSPS) is 10.6. The Morgan fingerprint density at radius 2 is 2.28 bits per heavy atom. The summed E-state index contributed by atoms with van der Waals surface area (Å²) in [5.74, 6) is -0.367. The van der Waals surface area contributed by atoms with Crippen LogP contribution in [0.3, 0.4) is 0 Å². The number of nitro groups is 1. The van der Waals surface area contributed by atoms with Crippen LogP contribution in [0.1, 0.15) is 11.1 Å². The molecule has 0 bridgehead atoms. The largest absolute Gasteiger partial charge is 0.378 e. The molecule has 2 aromatic rings. The molecular weight excluding hydrogens is 239 g/mol. The zero-order valence-electron chi connectivity index (χ0n) is 9.63. The molecule has 0 aliphatic rings. The quantitative estimate of drug-likeness (QED) is 0.665. The summed E-state index contributed by atoms with van der Waals surface area (Å²) in [6, 6.07) is 4.73. The molecule has 94 valence electrons. The van der Waals surface area contributed by atoms with Gasteiger partial charge in [0.05, 0.1) is 11.5 Å². The van der Waals surface area contributed by atoms with Crippen molar-refractivity contribution in [2.45, 2.75) is 13.5 Å². The Hall–Kier alpha value is -2.44. The summed E-state index contributed by atoms with van der Waals surface area (Å²) < 4.78 is 14.6. The van der Waals surface area contributed by atoms with Gasteiger partial charge in [-0.15, -0.1) is 0 Å². The number of nitrogens with zero attached hydrogens (tertiary/aromatic N) is 3. The standard InChI is InChI=1S/C11H11FN4O2/c1-7-2-3-8(4-9(7)12)6-15-11(13)10(5-14-15)16(17)18/h2-5H,6,13H2,1H3. The van der Waals surface area contributed by atoms with Crippen molar-refractivity contribution in [3.63, 3.8) is 0 Å². The Balaban J connectivity index is 2.29. The second kappa shape index (κ2) is 4.44. The SMILES string of the molecule is Cc1ccc(Cn2ncc([N+](=O)[O-])c2N)cc1F. The van der Waals surface area contributed by atoms with Crippen molar-refractivity contribution in [3.8, 4) is 0 Å². The fraction of sp³-hybridized carbons (Fsp3) is 0.182. The summed E-state index contributed by atoms with van der Waals surface area (Å²) >= 11 is 0.